The van der Waals surface area contributed by atoms with E-state index in [0.29, 0.717) is 21.9 Å². The molecule has 2 heterocycles. The van der Waals surface area contributed by atoms with Crippen molar-refractivity contribution in [3.05, 3.63) is 115 Å². The number of pyridine rings is 1. The zero-order valence-corrected chi connectivity index (χ0v) is 26.6. The van der Waals surface area contributed by atoms with E-state index in [1.807, 2.05) is 0 Å². The predicted molar refractivity (Wildman–Crippen MR) is 174 cm³/mol. The summed E-state index contributed by atoms with van der Waals surface area (Å²) >= 11 is 12.1. The van der Waals surface area contributed by atoms with E-state index >= 15 is 0 Å². The maximum Gasteiger partial charge on any atom is 0.415 e. The van der Waals surface area contributed by atoms with Gasteiger partial charge in [-0.3, -0.25) is 19.4 Å². The third-order valence-electron chi connectivity index (χ3n) is 7.55. The molecule has 1 aliphatic heterocycles. The van der Waals surface area contributed by atoms with Gasteiger partial charge in [0.2, 0.25) is 11.3 Å². The fraction of sp³-hybridized carbons (Fsp3) is 0.182. The van der Waals surface area contributed by atoms with E-state index in [1.165, 1.54) is 67.3 Å². The number of aromatic carboxylic acids is 1. The minimum atomic E-state index is -4.91. The topological polar surface area (TPSA) is 139 Å². The number of nitrogens with one attached hydrogen (secondary N) is 2. The van der Waals surface area contributed by atoms with Crippen LogP contribution < -0.4 is 20.8 Å². The van der Waals surface area contributed by atoms with Crippen molar-refractivity contribution in [2.45, 2.75) is 31.7 Å². The van der Waals surface area contributed by atoms with Gasteiger partial charge in [0.15, 0.2) is 0 Å². The van der Waals surface area contributed by atoms with Crippen LogP contribution in [0.3, 0.4) is 0 Å². The average Bonchev–Trinajstić information content (AvgIpc) is 3.50. The maximum atomic E-state index is 14.2. The largest absolute Gasteiger partial charge is 0.497 e. The number of benzene rings is 3. The lowest BCUT2D eigenvalue weighted by Crippen LogP contribution is -2.42. The fourth-order valence-corrected chi connectivity index (χ4v) is 5.47. The first-order valence-electron chi connectivity index (χ1n) is 14.1. The molecule has 2 amide bonds. The molecule has 0 aliphatic carbocycles. The van der Waals surface area contributed by atoms with E-state index in [4.69, 9.17) is 27.9 Å². The molecule has 0 saturated heterocycles. The van der Waals surface area contributed by atoms with Crippen molar-refractivity contribution >= 4 is 63.8 Å². The molecule has 0 saturated carbocycles. The second-order valence-corrected chi connectivity index (χ2v) is 11.6. The van der Waals surface area contributed by atoms with Gasteiger partial charge in [0.1, 0.15) is 23.4 Å². The second kappa shape index (κ2) is 13.5. The highest BCUT2D eigenvalue weighted by molar-refractivity contribution is 6.42. The van der Waals surface area contributed by atoms with Crippen LogP contribution in [-0.2, 0) is 16.1 Å². The highest BCUT2D eigenvalue weighted by Crippen LogP contribution is 2.43. The average molecular weight is 701 g/mol. The Bertz CT molecular complexity index is 2080. The molecule has 0 bridgehead atoms. The number of ether oxygens (including phenoxy) is 1. The number of halogens is 5. The van der Waals surface area contributed by atoms with Crippen LogP contribution in [0.2, 0.25) is 10.0 Å². The van der Waals surface area contributed by atoms with Crippen molar-refractivity contribution in [1.82, 2.24) is 9.88 Å². The summed E-state index contributed by atoms with van der Waals surface area (Å²) in [6, 6.07) is 12.0. The zero-order chi connectivity index (χ0) is 34.9. The van der Waals surface area contributed by atoms with Crippen molar-refractivity contribution in [3.8, 4) is 5.75 Å². The van der Waals surface area contributed by atoms with Gasteiger partial charge >= 0.3 is 12.1 Å². The quantitative estimate of drug-likeness (QED) is 0.190. The SMILES string of the molecule is COc1ccc(C2N=CC(C(=O)N[C@@H](C)C(=O)Nc3ccc4c(c3)c(=O)c(C(=O)O)cn4Cc3ccc(Cl)c(Cl)c3)=C2C(F)(F)F)cc1. The van der Waals surface area contributed by atoms with Gasteiger partial charge in [-0.05, 0) is 60.5 Å². The standard InChI is InChI=1S/C33H25Cl2F3N4O6/c1-16(40-31(45)22-13-39-28(27(22)33(36,37)38)18-4-7-20(48-2)8-5-18)30(44)41-19-6-10-26-21(12-19)29(43)23(32(46)47)15-42(26)14-17-3-9-24(34)25(35)11-17/h3-13,15-16,28H,14H2,1-2H3,(H,40,45)(H,41,44)(H,46,47)/t16-,28?/m0/s1. The number of fused-ring (bicyclic) bond motifs is 1. The Morgan fingerprint density at radius 2 is 1.75 bits per heavy atom. The number of amides is 2. The number of carbonyl (C=O) groups excluding carboxylic acids is 2. The van der Waals surface area contributed by atoms with Gasteiger partial charge < -0.3 is 25.0 Å². The number of carboxylic acid groups (broad SMARTS) is 1. The molecule has 0 radical (unpaired) electrons. The molecule has 1 unspecified atom stereocenters. The third-order valence-corrected chi connectivity index (χ3v) is 8.29. The van der Waals surface area contributed by atoms with Crippen LogP contribution in [0, 0.1) is 0 Å². The summed E-state index contributed by atoms with van der Waals surface area (Å²) < 4.78 is 49.1. The maximum absolute atomic E-state index is 14.2. The van der Waals surface area contributed by atoms with Crippen molar-refractivity contribution in [1.29, 1.82) is 0 Å². The molecule has 0 spiro atoms. The van der Waals surface area contributed by atoms with E-state index in [9.17, 15) is 37.5 Å². The van der Waals surface area contributed by atoms with Crippen LogP contribution in [-0.4, -0.2) is 53.0 Å². The van der Waals surface area contributed by atoms with E-state index in [2.05, 4.69) is 15.6 Å². The van der Waals surface area contributed by atoms with Crippen LogP contribution in [0.1, 0.15) is 34.5 Å². The van der Waals surface area contributed by atoms with Crippen LogP contribution in [0.15, 0.2) is 87.8 Å². The van der Waals surface area contributed by atoms with E-state index < -0.39 is 58.2 Å². The predicted octanol–water partition coefficient (Wildman–Crippen LogP) is 6.19. The van der Waals surface area contributed by atoms with Gasteiger partial charge in [-0.1, -0.05) is 41.4 Å². The van der Waals surface area contributed by atoms with Crippen LogP contribution >= 0.6 is 23.2 Å². The van der Waals surface area contributed by atoms with Crippen molar-refractivity contribution in [2.24, 2.45) is 4.99 Å². The number of methoxy groups -OCH3 is 1. The molecule has 2 atom stereocenters. The zero-order valence-electron chi connectivity index (χ0n) is 25.1. The normalized spacial score (nSPS) is 15.0. The molecular formula is C33H25Cl2F3N4O6. The molecule has 1 aromatic heterocycles. The number of hydrogen-bond acceptors (Lipinski definition) is 6. The Labute approximate surface area is 280 Å². The smallest absolute Gasteiger partial charge is 0.415 e. The van der Waals surface area contributed by atoms with E-state index in [0.717, 1.165) is 6.21 Å². The number of alkyl halides is 3. The number of carbonyl (C=O) groups is 3. The molecule has 10 nitrogen and oxygen atoms in total. The minimum Gasteiger partial charge on any atom is -0.497 e. The number of nitrogens with zero attached hydrogens (tertiary/aromatic N) is 2. The monoisotopic (exact) mass is 700 g/mol. The number of aromatic nitrogens is 1. The van der Waals surface area contributed by atoms with Crippen LogP contribution in [0.25, 0.3) is 10.9 Å². The van der Waals surface area contributed by atoms with Crippen LogP contribution in [0.4, 0.5) is 18.9 Å². The molecule has 0 fully saturated rings. The van der Waals surface area contributed by atoms with Gasteiger partial charge in [-0.25, -0.2) is 4.79 Å². The summed E-state index contributed by atoms with van der Waals surface area (Å²) in [5.74, 6) is -3.02. The molecular weight excluding hydrogens is 676 g/mol. The Kier molecular flexibility index (Phi) is 9.64. The molecule has 3 N–H and O–H groups in total. The lowest BCUT2D eigenvalue weighted by atomic mass is 9.96. The Hall–Kier alpha value is -5.14. The number of hydrogen-bond donors (Lipinski definition) is 3. The molecule has 15 heteroatoms. The van der Waals surface area contributed by atoms with Crippen molar-refractivity contribution < 1.29 is 37.4 Å². The number of aliphatic imine (C=N–C) groups is 1. The summed E-state index contributed by atoms with van der Waals surface area (Å²) in [6.45, 7) is 1.39. The second-order valence-electron chi connectivity index (χ2n) is 10.7. The number of carboxylic acids is 1. The first kappa shape index (κ1) is 34.2. The molecule has 248 valence electrons. The molecule has 1 aliphatic rings. The van der Waals surface area contributed by atoms with Crippen molar-refractivity contribution in [3.63, 3.8) is 0 Å². The van der Waals surface area contributed by atoms with Gasteiger partial charge in [0.05, 0.1) is 33.8 Å². The summed E-state index contributed by atoms with van der Waals surface area (Å²) in [6.07, 6.45) is -2.89. The molecule has 5 rings (SSSR count). The van der Waals surface area contributed by atoms with Crippen molar-refractivity contribution in [2.75, 3.05) is 12.4 Å². The minimum absolute atomic E-state index is 0.0313. The first-order chi connectivity index (χ1) is 22.7. The summed E-state index contributed by atoms with van der Waals surface area (Å²) in [5, 5.41) is 15.0. The highest BCUT2D eigenvalue weighted by Gasteiger charge is 2.45. The van der Waals surface area contributed by atoms with Gasteiger partial charge in [0, 0.05) is 30.0 Å². The first-order valence-corrected chi connectivity index (χ1v) is 14.9. The summed E-state index contributed by atoms with van der Waals surface area (Å²) in [7, 11) is 1.41. The Balaban J connectivity index is 1.38. The lowest BCUT2D eigenvalue weighted by Gasteiger charge is -2.19. The lowest BCUT2D eigenvalue weighted by molar-refractivity contribution is -0.124. The summed E-state index contributed by atoms with van der Waals surface area (Å²) in [5.41, 5.74) is -1.98. The Morgan fingerprint density at radius 1 is 1.04 bits per heavy atom. The molecule has 48 heavy (non-hydrogen) atoms. The van der Waals surface area contributed by atoms with E-state index in [1.54, 1.807) is 18.2 Å². The molecule has 3 aromatic carbocycles. The molecule has 4 aromatic rings. The van der Waals surface area contributed by atoms with E-state index in [-0.39, 0.29) is 28.2 Å². The Morgan fingerprint density at radius 3 is 2.38 bits per heavy atom. The number of anilines is 1. The highest BCUT2D eigenvalue weighted by atomic mass is 35.5. The number of rotatable bonds is 9. The van der Waals surface area contributed by atoms with Gasteiger partial charge in [-0.2, -0.15) is 13.2 Å². The fourth-order valence-electron chi connectivity index (χ4n) is 5.15. The third kappa shape index (κ3) is 7.06. The summed E-state index contributed by atoms with van der Waals surface area (Å²) in [4.78, 5) is 55.0. The van der Waals surface area contributed by atoms with Gasteiger partial charge in [-0.15, -0.1) is 0 Å². The van der Waals surface area contributed by atoms with Gasteiger partial charge in [0.25, 0.3) is 5.91 Å². The van der Waals surface area contributed by atoms with Crippen LogP contribution in [0.5, 0.6) is 5.75 Å².